The van der Waals surface area contributed by atoms with E-state index in [2.05, 4.69) is 10.2 Å². The first-order chi connectivity index (χ1) is 14.3. The van der Waals surface area contributed by atoms with Gasteiger partial charge in [-0.15, -0.1) is 10.2 Å². The lowest BCUT2D eigenvalue weighted by Crippen LogP contribution is -2.36. The molecule has 0 fully saturated rings. The number of amides is 1. The van der Waals surface area contributed by atoms with Gasteiger partial charge in [0.25, 0.3) is 0 Å². The van der Waals surface area contributed by atoms with Crippen LogP contribution in [0, 0.1) is 23.3 Å². The lowest BCUT2D eigenvalue weighted by Gasteiger charge is -2.22. The third-order valence-electron chi connectivity index (χ3n) is 4.97. The van der Waals surface area contributed by atoms with Gasteiger partial charge in [-0.05, 0) is 41.8 Å². The molecular weight excluding hydrogens is 402 g/mol. The van der Waals surface area contributed by atoms with Crippen molar-refractivity contribution >= 4 is 5.91 Å². The Kier molecular flexibility index (Phi) is 5.25. The predicted octanol–water partition coefficient (Wildman–Crippen LogP) is 2.63. The molecule has 2 N–H and O–H groups in total. The Labute approximate surface area is 168 Å². The fourth-order valence-electron chi connectivity index (χ4n) is 3.52. The van der Waals surface area contributed by atoms with Crippen LogP contribution in [-0.4, -0.2) is 31.6 Å². The van der Waals surface area contributed by atoms with Crippen molar-refractivity contribution in [1.82, 2.24) is 19.7 Å². The van der Waals surface area contributed by atoms with Crippen molar-refractivity contribution in [3.8, 4) is 5.69 Å². The first-order valence-corrected chi connectivity index (χ1v) is 9.16. The molecule has 0 spiro atoms. The summed E-state index contributed by atoms with van der Waals surface area (Å²) in [4.78, 5) is 14.3. The van der Waals surface area contributed by atoms with E-state index in [0.717, 1.165) is 6.07 Å². The third-order valence-corrected chi connectivity index (χ3v) is 4.97. The first-order valence-electron chi connectivity index (χ1n) is 9.16. The molecule has 2 heterocycles. The maximum atomic E-state index is 13.9. The molecule has 0 saturated heterocycles. The standard InChI is InChI=1S/C20H17F4N5O/c21-13-1-2-18-12(3-13)8-28(9-19-27-26-10-29(18)19)20(30)6-14(25)4-11-5-16(23)17(24)7-15(11)22/h1-3,5,7,10,14H,4,6,8-9,25H2. The number of hydrogen-bond donors (Lipinski definition) is 1. The maximum Gasteiger partial charge on any atom is 0.224 e. The molecule has 10 heteroatoms. The van der Waals surface area contributed by atoms with Crippen molar-refractivity contribution in [2.75, 3.05) is 0 Å². The molecule has 1 atom stereocenters. The van der Waals surface area contributed by atoms with Gasteiger partial charge in [0.2, 0.25) is 5.91 Å². The number of halogens is 4. The molecule has 1 amide bonds. The van der Waals surface area contributed by atoms with Gasteiger partial charge < -0.3 is 10.6 Å². The summed E-state index contributed by atoms with van der Waals surface area (Å²) in [7, 11) is 0. The fraction of sp³-hybridized carbons (Fsp3) is 0.250. The van der Waals surface area contributed by atoms with Crippen LogP contribution in [0.5, 0.6) is 0 Å². The summed E-state index contributed by atoms with van der Waals surface area (Å²) in [5, 5.41) is 7.87. The molecule has 1 unspecified atom stereocenters. The number of fused-ring (bicyclic) bond motifs is 3. The number of rotatable bonds is 4. The van der Waals surface area contributed by atoms with Crippen LogP contribution in [-0.2, 0) is 24.3 Å². The molecule has 3 aromatic rings. The normalized spacial score (nSPS) is 14.1. The van der Waals surface area contributed by atoms with Crippen LogP contribution in [0.15, 0.2) is 36.7 Å². The molecule has 0 saturated carbocycles. The van der Waals surface area contributed by atoms with Gasteiger partial charge >= 0.3 is 0 Å². The molecule has 0 bridgehead atoms. The molecule has 1 aliphatic heterocycles. The van der Waals surface area contributed by atoms with Gasteiger partial charge in [-0.25, -0.2) is 17.6 Å². The molecule has 2 aromatic carbocycles. The first kappa shape index (κ1) is 20.0. The van der Waals surface area contributed by atoms with E-state index < -0.39 is 29.3 Å². The molecule has 156 valence electrons. The Morgan fingerprint density at radius 1 is 1.07 bits per heavy atom. The van der Waals surface area contributed by atoms with Crippen LogP contribution in [0.2, 0.25) is 0 Å². The largest absolute Gasteiger partial charge is 0.331 e. The molecule has 0 aliphatic carbocycles. The topological polar surface area (TPSA) is 77.0 Å². The number of nitrogens with zero attached hydrogens (tertiary/aromatic N) is 4. The highest BCUT2D eigenvalue weighted by Gasteiger charge is 2.26. The van der Waals surface area contributed by atoms with Gasteiger partial charge in [0.15, 0.2) is 17.5 Å². The lowest BCUT2D eigenvalue weighted by atomic mass is 10.0. The number of nitrogens with two attached hydrogens (primary N) is 1. The van der Waals surface area contributed by atoms with Crippen LogP contribution in [0.1, 0.15) is 23.4 Å². The summed E-state index contributed by atoms with van der Waals surface area (Å²) >= 11 is 0. The van der Waals surface area contributed by atoms with Gasteiger partial charge in [-0.1, -0.05) is 0 Å². The number of hydrogen-bond acceptors (Lipinski definition) is 4. The van der Waals surface area contributed by atoms with Crippen molar-refractivity contribution in [3.05, 3.63) is 76.9 Å². The molecule has 1 aliphatic rings. The van der Waals surface area contributed by atoms with Crippen molar-refractivity contribution in [1.29, 1.82) is 0 Å². The zero-order valence-electron chi connectivity index (χ0n) is 15.7. The second kappa shape index (κ2) is 7.86. The van der Waals surface area contributed by atoms with Crippen LogP contribution in [0.4, 0.5) is 17.6 Å². The van der Waals surface area contributed by atoms with E-state index in [0.29, 0.717) is 23.1 Å². The fourth-order valence-corrected chi connectivity index (χ4v) is 3.52. The second-order valence-electron chi connectivity index (χ2n) is 7.17. The van der Waals surface area contributed by atoms with E-state index in [1.807, 2.05) is 0 Å². The quantitative estimate of drug-likeness (QED) is 0.521. The molecule has 4 rings (SSSR count). The molecular formula is C20H17F4N5O. The van der Waals surface area contributed by atoms with Crippen molar-refractivity contribution < 1.29 is 22.4 Å². The monoisotopic (exact) mass is 419 g/mol. The predicted molar refractivity (Wildman–Crippen MR) is 98.2 cm³/mol. The number of carbonyl (C=O) groups excluding carboxylic acids is 1. The molecule has 30 heavy (non-hydrogen) atoms. The van der Waals surface area contributed by atoms with E-state index in [4.69, 9.17) is 5.73 Å². The highest BCUT2D eigenvalue weighted by atomic mass is 19.2. The lowest BCUT2D eigenvalue weighted by molar-refractivity contribution is -0.132. The number of carbonyl (C=O) groups is 1. The number of aromatic nitrogens is 3. The summed E-state index contributed by atoms with van der Waals surface area (Å²) in [6.45, 7) is 0.253. The van der Waals surface area contributed by atoms with Gasteiger partial charge in [0.05, 0.1) is 12.2 Å². The highest BCUT2D eigenvalue weighted by Crippen LogP contribution is 2.25. The van der Waals surface area contributed by atoms with Crippen LogP contribution < -0.4 is 5.73 Å². The third kappa shape index (κ3) is 3.90. The van der Waals surface area contributed by atoms with Crippen molar-refractivity contribution in [2.24, 2.45) is 5.73 Å². The maximum absolute atomic E-state index is 13.9. The summed E-state index contributed by atoms with van der Waals surface area (Å²) in [5.74, 6) is -3.71. The Bertz CT molecular complexity index is 1120. The molecule has 0 radical (unpaired) electrons. The van der Waals surface area contributed by atoms with E-state index in [1.54, 1.807) is 10.6 Å². The minimum Gasteiger partial charge on any atom is -0.331 e. The average molecular weight is 419 g/mol. The van der Waals surface area contributed by atoms with Crippen LogP contribution in [0.3, 0.4) is 0 Å². The molecule has 6 nitrogen and oxygen atoms in total. The minimum atomic E-state index is -1.29. The van der Waals surface area contributed by atoms with Gasteiger partial charge in [0, 0.05) is 25.1 Å². The van der Waals surface area contributed by atoms with Crippen LogP contribution >= 0.6 is 0 Å². The zero-order valence-corrected chi connectivity index (χ0v) is 15.7. The Morgan fingerprint density at radius 2 is 1.83 bits per heavy atom. The van der Waals surface area contributed by atoms with E-state index in [9.17, 15) is 22.4 Å². The van der Waals surface area contributed by atoms with Crippen LogP contribution in [0.25, 0.3) is 5.69 Å². The zero-order chi connectivity index (χ0) is 21.4. The van der Waals surface area contributed by atoms with Crippen molar-refractivity contribution in [3.63, 3.8) is 0 Å². The Hall–Kier alpha value is -3.27. The van der Waals surface area contributed by atoms with E-state index >= 15 is 0 Å². The van der Waals surface area contributed by atoms with Gasteiger partial charge in [-0.3, -0.25) is 9.36 Å². The highest BCUT2D eigenvalue weighted by molar-refractivity contribution is 5.77. The van der Waals surface area contributed by atoms with E-state index in [1.165, 1.54) is 23.4 Å². The average Bonchev–Trinajstić information content (AvgIpc) is 3.07. The van der Waals surface area contributed by atoms with E-state index in [-0.39, 0.29) is 37.4 Å². The van der Waals surface area contributed by atoms with Crippen molar-refractivity contribution in [2.45, 2.75) is 32.0 Å². The minimum absolute atomic E-state index is 0.114. The van der Waals surface area contributed by atoms with Gasteiger partial charge in [0.1, 0.15) is 18.0 Å². The molecule has 1 aromatic heterocycles. The van der Waals surface area contributed by atoms with Gasteiger partial charge in [-0.2, -0.15) is 0 Å². The summed E-state index contributed by atoms with van der Waals surface area (Å²) < 4.78 is 55.8. The summed E-state index contributed by atoms with van der Waals surface area (Å²) in [5.41, 5.74) is 7.10. The number of benzene rings is 2. The Morgan fingerprint density at radius 3 is 2.63 bits per heavy atom. The smallest absolute Gasteiger partial charge is 0.224 e. The summed E-state index contributed by atoms with van der Waals surface area (Å²) in [6, 6.07) is 4.59. The second-order valence-corrected chi connectivity index (χ2v) is 7.17. The summed E-state index contributed by atoms with van der Waals surface area (Å²) in [6.07, 6.45) is 1.17. The SMILES string of the molecule is NC(CC(=O)N1Cc2cc(F)ccc2-n2cnnc2C1)Cc1cc(F)c(F)cc1F. The Balaban J connectivity index is 1.52.